The minimum Gasteiger partial charge on any atom is -0.504 e. The van der Waals surface area contributed by atoms with Crippen LogP contribution in [0.15, 0.2) is 58.1 Å². The van der Waals surface area contributed by atoms with E-state index in [4.69, 9.17) is 4.74 Å². The van der Waals surface area contributed by atoms with Crippen molar-refractivity contribution in [3.63, 3.8) is 0 Å². The van der Waals surface area contributed by atoms with E-state index in [0.29, 0.717) is 29.3 Å². The van der Waals surface area contributed by atoms with Gasteiger partial charge < -0.3 is 9.84 Å². The highest BCUT2D eigenvalue weighted by molar-refractivity contribution is 9.10. The second kappa shape index (κ2) is 8.50. The van der Waals surface area contributed by atoms with Gasteiger partial charge in [0.25, 0.3) is 5.91 Å². The van der Waals surface area contributed by atoms with Gasteiger partial charge in [0.2, 0.25) is 0 Å². The Morgan fingerprint density at radius 3 is 2.81 bits per heavy atom. The van der Waals surface area contributed by atoms with Crippen molar-refractivity contribution in [3.8, 4) is 22.8 Å². The van der Waals surface area contributed by atoms with Gasteiger partial charge in [0.05, 0.1) is 18.5 Å². The van der Waals surface area contributed by atoms with Gasteiger partial charge in [-0.2, -0.15) is 10.2 Å². The maximum Gasteiger partial charge on any atom is 0.289 e. The van der Waals surface area contributed by atoms with E-state index in [-0.39, 0.29) is 5.75 Å². The molecule has 7 nitrogen and oxygen atoms in total. The van der Waals surface area contributed by atoms with Crippen molar-refractivity contribution in [2.24, 2.45) is 5.10 Å². The first-order valence-electron chi connectivity index (χ1n) is 8.17. The fourth-order valence-corrected chi connectivity index (χ4v) is 2.58. The van der Waals surface area contributed by atoms with Crippen LogP contribution in [-0.4, -0.2) is 34.0 Å². The monoisotopic (exact) mass is 428 g/mol. The van der Waals surface area contributed by atoms with Gasteiger partial charge in [-0.1, -0.05) is 28.1 Å². The molecular weight excluding hydrogens is 412 g/mol. The van der Waals surface area contributed by atoms with Crippen molar-refractivity contribution in [2.45, 2.75) is 6.92 Å². The van der Waals surface area contributed by atoms with Gasteiger partial charge in [-0.25, -0.2) is 5.43 Å². The summed E-state index contributed by atoms with van der Waals surface area (Å²) in [6.07, 6.45) is 1.46. The first-order chi connectivity index (χ1) is 13.1. The number of nitrogens with zero attached hydrogens (tertiary/aromatic N) is 2. The highest BCUT2D eigenvalue weighted by Crippen LogP contribution is 2.26. The second-order valence-electron chi connectivity index (χ2n) is 5.53. The molecule has 0 saturated heterocycles. The number of aromatic hydroxyl groups is 1. The highest BCUT2D eigenvalue weighted by Gasteiger charge is 2.10. The molecule has 0 radical (unpaired) electrons. The fraction of sp³-hybridized carbons (Fsp3) is 0.105. The normalized spacial score (nSPS) is 10.9. The first kappa shape index (κ1) is 18.7. The summed E-state index contributed by atoms with van der Waals surface area (Å²) >= 11 is 3.38. The lowest BCUT2D eigenvalue weighted by molar-refractivity contribution is 0.0950. The zero-order valence-electron chi connectivity index (χ0n) is 14.4. The summed E-state index contributed by atoms with van der Waals surface area (Å²) in [5.74, 6) is 0.00220. The minimum atomic E-state index is -0.411. The Balaban J connectivity index is 1.65. The second-order valence-corrected chi connectivity index (χ2v) is 6.45. The zero-order chi connectivity index (χ0) is 19.2. The number of carbonyl (C=O) groups is 1. The standard InChI is InChI=1S/C19H17BrN4O3/c1-2-27-18-9-12(3-8-17(18)25)11-21-24-19(26)16-10-15(22-23-16)13-4-6-14(20)7-5-13/h3-11,25H,2H2,1H3,(H,22,23)(H,24,26). The summed E-state index contributed by atoms with van der Waals surface area (Å²) in [5.41, 5.74) is 4.97. The molecule has 0 saturated carbocycles. The van der Waals surface area contributed by atoms with Crippen molar-refractivity contribution in [1.82, 2.24) is 15.6 Å². The van der Waals surface area contributed by atoms with Crippen molar-refractivity contribution in [1.29, 1.82) is 0 Å². The molecule has 3 rings (SSSR count). The van der Waals surface area contributed by atoms with Gasteiger partial charge in [0.1, 0.15) is 5.69 Å². The van der Waals surface area contributed by atoms with E-state index in [1.807, 2.05) is 31.2 Å². The lowest BCUT2D eigenvalue weighted by atomic mass is 10.1. The number of rotatable bonds is 6. The molecule has 0 aliphatic heterocycles. The van der Waals surface area contributed by atoms with E-state index < -0.39 is 5.91 Å². The Labute approximate surface area is 164 Å². The van der Waals surface area contributed by atoms with Crippen LogP contribution in [0.5, 0.6) is 11.5 Å². The topological polar surface area (TPSA) is 99.6 Å². The molecule has 0 spiro atoms. The maximum atomic E-state index is 12.2. The third-order valence-corrected chi connectivity index (χ3v) is 4.15. The van der Waals surface area contributed by atoms with E-state index in [1.165, 1.54) is 12.3 Å². The number of carbonyl (C=O) groups excluding carboxylic acids is 1. The predicted molar refractivity (Wildman–Crippen MR) is 106 cm³/mol. The number of nitrogens with one attached hydrogen (secondary N) is 2. The molecule has 0 fully saturated rings. The Bertz CT molecular complexity index is 967. The molecule has 1 aromatic heterocycles. The van der Waals surface area contributed by atoms with E-state index in [0.717, 1.165) is 10.0 Å². The molecule has 138 valence electrons. The SMILES string of the molecule is CCOc1cc(C=NNC(=O)c2cc(-c3ccc(Br)cc3)n[nH]2)ccc1O. The Hall–Kier alpha value is -3.13. The first-order valence-corrected chi connectivity index (χ1v) is 8.96. The number of ether oxygens (including phenoxy) is 1. The molecule has 8 heteroatoms. The highest BCUT2D eigenvalue weighted by atomic mass is 79.9. The summed E-state index contributed by atoms with van der Waals surface area (Å²) in [5, 5.41) is 20.5. The average Bonchev–Trinajstić information content (AvgIpc) is 3.15. The quantitative estimate of drug-likeness (QED) is 0.411. The Morgan fingerprint density at radius 1 is 1.30 bits per heavy atom. The van der Waals surface area contributed by atoms with Crippen molar-refractivity contribution >= 4 is 28.1 Å². The third kappa shape index (κ3) is 4.73. The number of halogens is 1. The van der Waals surface area contributed by atoms with E-state index in [1.54, 1.807) is 18.2 Å². The molecule has 0 unspecified atom stereocenters. The number of phenols is 1. The van der Waals surface area contributed by atoms with Gasteiger partial charge in [0.15, 0.2) is 11.5 Å². The van der Waals surface area contributed by atoms with Gasteiger partial charge in [-0.3, -0.25) is 9.89 Å². The van der Waals surface area contributed by atoms with E-state index >= 15 is 0 Å². The summed E-state index contributed by atoms with van der Waals surface area (Å²) in [6, 6.07) is 14.1. The average molecular weight is 429 g/mol. The van der Waals surface area contributed by atoms with E-state index in [9.17, 15) is 9.90 Å². The summed E-state index contributed by atoms with van der Waals surface area (Å²) in [4.78, 5) is 12.2. The number of hydrogen-bond acceptors (Lipinski definition) is 5. The van der Waals surface area contributed by atoms with Crippen LogP contribution < -0.4 is 10.2 Å². The van der Waals surface area contributed by atoms with Crippen molar-refractivity contribution < 1.29 is 14.6 Å². The number of hydrazone groups is 1. The molecule has 0 atom stereocenters. The van der Waals surface area contributed by atoms with Crippen LogP contribution in [-0.2, 0) is 0 Å². The van der Waals surface area contributed by atoms with Gasteiger partial charge >= 0.3 is 0 Å². The number of amides is 1. The number of hydrogen-bond donors (Lipinski definition) is 3. The Kier molecular flexibility index (Phi) is 5.87. The molecule has 1 heterocycles. The molecule has 3 N–H and O–H groups in total. The number of aromatic nitrogens is 2. The van der Waals surface area contributed by atoms with E-state index in [2.05, 4.69) is 36.7 Å². The summed E-state index contributed by atoms with van der Waals surface area (Å²) in [7, 11) is 0. The summed E-state index contributed by atoms with van der Waals surface area (Å²) in [6.45, 7) is 2.26. The molecule has 2 aromatic carbocycles. The molecule has 0 aliphatic rings. The van der Waals surface area contributed by atoms with Gasteiger partial charge in [-0.15, -0.1) is 0 Å². The van der Waals surface area contributed by atoms with Gasteiger partial charge in [-0.05, 0) is 48.9 Å². The van der Waals surface area contributed by atoms with Crippen LogP contribution in [0.1, 0.15) is 23.0 Å². The van der Waals surface area contributed by atoms with Crippen LogP contribution in [0.25, 0.3) is 11.3 Å². The van der Waals surface area contributed by atoms with Crippen LogP contribution in [0.2, 0.25) is 0 Å². The molecular formula is C19H17BrN4O3. The number of benzene rings is 2. The smallest absolute Gasteiger partial charge is 0.289 e. The minimum absolute atomic E-state index is 0.0518. The van der Waals surface area contributed by atoms with Crippen molar-refractivity contribution in [3.05, 3.63) is 64.3 Å². The largest absolute Gasteiger partial charge is 0.504 e. The molecule has 3 aromatic rings. The lowest BCUT2D eigenvalue weighted by Crippen LogP contribution is -2.18. The lowest BCUT2D eigenvalue weighted by Gasteiger charge is -2.05. The molecule has 0 bridgehead atoms. The number of phenolic OH excluding ortho intramolecular Hbond substituents is 1. The number of H-pyrrole nitrogens is 1. The molecule has 27 heavy (non-hydrogen) atoms. The number of aromatic amines is 1. The van der Waals surface area contributed by atoms with Crippen LogP contribution in [0, 0.1) is 0 Å². The van der Waals surface area contributed by atoms with Crippen LogP contribution in [0.4, 0.5) is 0 Å². The van der Waals surface area contributed by atoms with Gasteiger partial charge in [0, 0.05) is 10.0 Å². The maximum absolute atomic E-state index is 12.2. The zero-order valence-corrected chi connectivity index (χ0v) is 16.0. The van der Waals surface area contributed by atoms with Crippen LogP contribution >= 0.6 is 15.9 Å². The summed E-state index contributed by atoms with van der Waals surface area (Å²) < 4.78 is 6.28. The molecule has 1 amide bonds. The third-order valence-electron chi connectivity index (χ3n) is 3.63. The molecule has 0 aliphatic carbocycles. The van der Waals surface area contributed by atoms with Crippen LogP contribution in [0.3, 0.4) is 0 Å². The Morgan fingerprint density at radius 2 is 2.07 bits per heavy atom. The predicted octanol–water partition coefficient (Wildman–Crippen LogP) is 3.71. The fourth-order valence-electron chi connectivity index (χ4n) is 2.31. The van der Waals surface area contributed by atoms with Crippen molar-refractivity contribution in [2.75, 3.05) is 6.61 Å².